The molecule has 1 N–H and O–H groups in total. The molecule has 0 bridgehead atoms. The fourth-order valence-electron chi connectivity index (χ4n) is 4.44. The maximum Gasteiger partial charge on any atom is 0.234 e. The Morgan fingerprint density at radius 3 is 2.60 bits per heavy atom. The van der Waals surface area contributed by atoms with Gasteiger partial charge in [0.05, 0.1) is 5.75 Å². The van der Waals surface area contributed by atoms with Crippen LogP contribution in [0, 0.1) is 6.92 Å². The normalized spacial score (nSPS) is 13.3. The molecular weight excluding hydrogens is 458 g/mol. The molecule has 1 aliphatic rings. The molecule has 0 spiro atoms. The van der Waals surface area contributed by atoms with Gasteiger partial charge in [0.25, 0.3) is 0 Å². The van der Waals surface area contributed by atoms with Crippen molar-refractivity contribution in [2.45, 2.75) is 57.8 Å². The van der Waals surface area contributed by atoms with Crippen molar-refractivity contribution in [3.8, 4) is 22.8 Å². The number of benzene rings is 2. The Balaban J connectivity index is 1.26. The zero-order chi connectivity index (χ0) is 24.2. The molecule has 1 aliphatic heterocycles. The maximum absolute atomic E-state index is 12.8. The summed E-state index contributed by atoms with van der Waals surface area (Å²) in [7, 11) is 0. The standard InChI is InChI=1S/C26H29N7OS/c1-3-32-24(19-10-7-9-18(2)15-19)30-31-26(32)35-17-23(34)27-21-12-8-11-20(16-21)25-29-28-22-13-5-4-6-14-33(22)25/h7-12,15-16H,3-6,13-14,17H2,1-2H3,(H,27,34). The Hall–Kier alpha value is -3.46. The molecule has 180 valence electrons. The van der Waals surface area contributed by atoms with Crippen molar-refractivity contribution in [1.82, 2.24) is 29.5 Å². The SMILES string of the molecule is CCn1c(SCC(=O)Nc2cccc(-c3nnc4n3CCCCC4)c2)nnc1-c1cccc(C)c1. The molecule has 0 fully saturated rings. The highest BCUT2D eigenvalue weighted by molar-refractivity contribution is 7.99. The lowest BCUT2D eigenvalue weighted by Gasteiger charge is -2.10. The monoisotopic (exact) mass is 487 g/mol. The quantitative estimate of drug-likeness (QED) is 0.369. The number of anilines is 1. The fraction of sp³-hybridized carbons (Fsp3) is 0.346. The second-order valence-corrected chi connectivity index (χ2v) is 9.68. The molecule has 3 heterocycles. The fourth-order valence-corrected chi connectivity index (χ4v) is 5.24. The number of nitrogens with zero attached hydrogens (tertiary/aromatic N) is 6. The van der Waals surface area contributed by atoms with Crippen molar-refractivity contribution in [2.24, 2.45) is 0 Å². The first-order valence-corrected chi connectivity index (χ1v) is 13.1. The Bertz CT molecular complexity index is 1340. The van der Waals surface area contributed by atoms with Crippen LogP contribution in [-0.2, 0) is 24.3 Å². The summed E-state index contributed by atoms with van der Waals surface area (Å²) < 4.78 is 4.26. The minimum atomic E-state index is -0.0880. The number of fused-ring (bicyclic) bond motifs is 1. The number of carbonyl (C=O) groups is 1. The van der Waals surface area contributed by atoms with Crippen LogP contribution in [0.1, 0.15) is 37.6 Å². The number of aryl methyl sites for hydroxylation is 2. The van der Waals surface area contributed by atoms with E-state index in [0.29, 0.717) is 0 Å². The molecule has 0 unspecified atom stereocenters. The van der Waals surface area contributed by atoms with Gasteiger partial charge in [0.1, 0.15) is 5.82 Å². The lowest BCUT2D eigenvalue weighted by atomic mass is 10.1. The molecule has 35 heavy (non-hydrogen) atoms. The highest BCUT2D eigenvalue weighted by Crippen LogP contribution is 2.27. The van der Waals surface area contributed by atoms with Crippen molar-refractivity contribution in [3.05, 3.63) is 59.9 Å². The van der Waals surface area contributed by atoms with Crippen LogP contribution in [0.3, 0.4) is 0 Å². The maximum atomic E-state index is 12.8. The second-order valence-electron chi connectivity index (χ2n) is 8.74. The van der Waals surface area contributed by atoms with E-state index in [1.165, 1.54) is 23.7 Å². The largest absolute Gasteiger partial charge is 0.325 e. The van der Waals surface area contributed by atoms with Crippen LogP contribution in [0.25, 0.3) is 22.8 Å². The number of amides is 1. The third-order valence-electron chi connectivity index (χ3n) is 6.16. The Labute approximate surface area is 209 Å². The average molecular weight is 488 g/mol. The minimum absolute atomic E-state index is 0.0880. The predicted octanol–water partition coefficient (Wildman–Crippen LogP) is 4.99. The molecule has 5 rings (SSSR count). The number of nitrogens with one attached hydrogen (secondary N) is 1. The first-order valence-electron chi connectivity index (χ1n) is 12.1. The van der Waals surface area contributed by atoms with E-state index in [2.05, 4.69) is 56.3 Å². The summed E-state index contributed by atoms with van der Waals surface area (Å²) in [6, 6.07) is 16.0. The summed E-state index contributed by atoms with van der Waals surface area (Å²) >= 11 is 1.39. The van der Waals surface area contributed by atoms with Crippen molar-refractivity contribution < 1.29 is 4.79 Å². The Morgan fingerprint density at radius 2 is 1.77 bits per heavy atom. The molecule has 0 atom stereocenters. The van der Waals surface area contributed by atoms with E-state index in [9.17, 15) is 4.79 Å². The van der Waals surface area contributed by atoms with E-state index in [4.69, 9.17) is 0 Å². The molecule has 8 nitrogen and oxygen atoms in total. The lowest BCUT2D eigenvalue weighted by Crippen LogP contribution is -2.14. The number of hydrogen-bond acceptors (Lipinski definition) is 6. The van der Waals surface area contributed by atoms with Gasteiger partial charge in [-0.15, -0.1) is 20.4 Å². The number of aromatic nitrogens is 6. The van der Waals surface area contributed by atoms with Gasteiger partial charge < -0.3 is 14.5 Å². The van der Waals surface area contributed by atoms with Gasteiger partial charge in [-0.2, -0.15) is 0 Å². The summed E-state index contributed by atoms with van der Waals surface area (Å²) in [5, 5.41) is 21.3. The van der Waals surface area contributed by atoms with Gasteiger partial charge in [-0.25, -0.2) is 0 Å². The summed E-state index contributed by atoms with van der Waals surface area (Å²) in [4.78, 5) is 12.8. The van der Waals surface area contributed by atoms with E-state index >= 15 is 0 Å². The van der Waals surface area contributed by atoms with Crippen molar-refractivity contribution in [1.29, 1.82) is 0 Å². The molecule has 0 saturated carbocycles. The third-order valence-corrected chi connectivity index (χ3v) is 7.12. The highest BCUT2D eigenvalue weighted by Gasteiger charge is 2.17. The van der Waals surface area contributed by atoms with Gasteiger partial charge in [-0.05, 0) is 44.9 Å². The molecule has 4 aromatic rings. The van der Waals surface area contributed by atoms with Crippen LogP contribution in [0.5, 0.6) is 0 Å². The zero-order valence-electron chi connectivity index (χ0n) is 20.1. The minimum Gasteiger partial charge on any atom is -0.325 e. The van der Waals surface area contributed by atoms with Crippen molar-refractivity contribution in [3.63, 3.8) is 0 Å². The molecule has 0 radical (unpaired) electrons. The van der Waals surface area contributed by atoms with Crippen LogP contribution in [-0.4, -0.2) is 41.2 Å². The lowest BCUT2D eigenvalue weighted by molar-refractivity contribution is -0.113. The summed E-state index contributed by atoms with van der Waals surface area (Å²) in [5.74, 6) is 2.89. The average Bonchev–Trinajstić information content (AvgIpc) is 3.39. The van der Waals surface area contributed by atoms with Crippen LogP contribution in [0.2, 0.25) is 0 Å². The van der Waals surface area contributed by atoms with Gasteiger partial charge in [-0.3, -0.25) is 4.79 Å². The van der Waals surface area contributed by atoms with E-state index < -0.39 is 0 Å². The van der Waals surface area contributed by atoms with Gasteiger partial charge in [-0.1, -0.05) is 54.1 Å². The molecule has 2 aromatic carbocycles. The first-order chi connectivity index (χ1) is 17.1. The van der Waals surface area contributed by atoms with Crippen LogP contribution in [0.15, 0.2) is 53.7 Å². The number of thioether (sulfide) groups is 1. The molecule has 1 amide bonds. The number of hydrogen-bond donors (Lipinski definition) is 1. The van der Waals surface area contributed by atoms with Gasteiger partial charge in [0.15, 0.2) is 16.8 Å². The van der Waals surface area contributed by atoms with E-state index in [1.807, 2.05) is 41.0 Å². The van der Waals surface area contributed by atoms with Gasteiger partial charge >= 0.3 is 0 Å². The molecule has 9 heteroatoms. The summed E-state index contributed by atoms with van der Waals surface area (Å²) in [6.45, 7) is 5.78. The zero-order valence-corrected chi connectivity index (χ0v) is 20.9. The first kappa shape index (κ1) is 23.3. The predicted molar refractivity (Wildman–Crippen MR) is 138 cm³/mol. The van der Waals surface area contributed by atoms with Crippen LogP contribution in [0.4, 0.5) is 5.69 Å². The summed E-state index contributed by atoms with van der Waals surface area (Å²) in [5.41, 5.74) is 3.91. The van der Waals surface area contributed by atoms with Crippen molar-refractivity contribution >= 4 is 23.4 Å². The molecular formula is C26H29N7OS. The van der Waals surface area contributed by atoms with E-state index in [0.717, 1.165) is 71.8 Å². The second kappa shape index (κ2) is 10.4. The Kier molecular flexibility index (Phi) is 6.94. The van der Waals surface area contributed by atoms with Gasteiger partial charge in [0, 0.05) is 36.3 Å². The van der Waals surface area contributed by atoms with E-state index in [1.54, 1.807) is 0 Å². The molecule has 2 aromatic heterocycles. The topological polar surface area (TPSA) is 90.5 Å². The van der Waals surface area contributed by atoms with Gasteiger partial charge in [0.2, 0.25) is 5.91 Å². The Morgan fingerprint density at radius 1 is 0.971 bits per heavy atom. The number of carbonyl (C=O) groups excluding carboxylic acids is 1. The van der Waals surface area contributed by atoms with Crippen LogP contribution >= 0.6 is 11.8 Å². The van der Waals surface area contributed by atoms with Crippen LogP contribution < -0.4 is 5.32 Å². The summed E-state index contributed by atoms with van der Waals surface area (Å²) in [6.07, 6.45) is 4.48. The van der Waals surface area contributed by atoms with E-state index in [-0.39, 0.29) is 11.7 Å². The molecule has 0 aliphatic carbocycles. The van der Waals surface area contributed by atoms with Crippen molar-refractivity contribution in [2.75, 3.05) is 11.1 Å². The number of rotatable bonds is 7. The molecule has 0 saturated heterocycles. The third kappa shape index (κ3) is 5.14. The smallest absolute Gasteiger partial charge is 0.234 e. The highest BCUT2D eigenvalue weighted by atomic mass is 32.2.